The van der Waals surface area contributed by atoms with Crippen LogP contribution in [0.1, 0.15) is 50.3 Å². The van der Waals surface area contributed by atoms with Crippen molar-refractivity contribution in [3.05, 3.63) is 82.4 Å². The number of dihydropyridines is 1. The number of esters is 1. The zero-order valence-corrected chi connectivity index (χ0v) is 24.9. The third-order valence-electron chi connectivity index (χ3n) is 8.87. The van der Waals surface area contributed by atoms with E-state index in [4.69, 9.17) is 21.1 Å². The maximum absolute atomic E-state index is 13.2. The molecule has 0 saturated carbocycles. The first-order valence-corrected chi connectivity index (χ1v) is 14.5. The summed E-state index contributed by atoms with van der Waals surface area (Å²) in [7, 11) is 1.36. The van der Waals surface area contributed by atoms with Crippen LogP contribution in [0.4, 0.5) is 0 Å². The van der Waals surface area contributed by atoms with E-state index in [0.29, 0.717) is 43.2 Å². The molecule has 0 bridgehead atoms. The number of carbonyl (C=O) groups is 1. The van der Waals surface area contributed by atoms with Crippen molar-refractivity contribution in [2.24, 2.45) is 16.3 Å². The van der Waals surface area contributed by atoms with Crippen LogP contribution in [0.5, 0.6) is 5.75 Å². The van der Waals surface area contributed by atoms with E-state index in [1.807, 2.05) is 30.5 Å². The van der Waals surface area contributed by atoms with E-state index in [1.165, 1.54) is 7.11 Å². The minimum atomic E-state index is -1.39. The Balaban J connectivity index is 1.42. The molecule has 4 atom stereocenters. The zero-order valence-electron chi connectivity index (χ0n) is 24.1. The summed E-state index contributed by atoms with van der Waals surface area (Å²) in [4.78, 5) is 20.1. The topological polar surface area (TPSA) is 91.6 Å². The zero-order chi connectivity index (χ0) is 29.4. The van der Waals surface area contributed by atoms with Gasteiger partial charge in [0.2, 0.25) is 0 Å². The number of aliphatic imine (C=N–C) groups is 1. The minimum Gasteiger partial charge on any atom is -0.491 e. The van der Waals surface area contributed by atoms with Gasteiger partial charge in [0.1, 0.15) is 23.4 Å². The van der Waals surface area contributed by atoms with Gasteiger partial charge >= 0.3 is 5.97 Å². The van der Waals surface area contributed by atoms with E-state index in [-0.39, 0.29) is 12.0 Å². The molecule has 3 aliphatic heterocycles. The molecule has 3 heterocycles. The highest BCUT2D eigenvalue weighted by molar-refractivity contribution is 6.30. The molecule has 1 saturated heterocycles. The Labute approximate surface area is 247 Å². The molecule has 7 nitrogen and oxygen atoms in total. The molecule has 8 heteroatoms. The average molecular weight is 579 g/mol. The molecule has 41 heavy (non-hydrogen) atoms. The predicted molar refractivity (Wildman–Crippen MR) is 161 cm³/mol. The molecule has 218 valence electrons. The monoisotopic (exact) mass is 578 g/mol. The van der Waals surface area contributed by atoms with E-state index >= 15 is 0 Å². The Morgan fingerprint density at radius 2 is 2.02 bits per heavy atom. The third kappa shape index (κ3) is 5.61. The molecule has 0 radical (unpaired) electrons. The smallest absolute Gasteiger partial charge is 0.316 e. The Kier molecular flexibility index (Phi) is 8.18. The number of nitrogens with zero attached hydrogens (tertiary/aromatic N) is 2. The van der Waals surface area contributed by atoms with Gasteiger partial charge in [-0.3, -0.25) is 9.79 Å². The van der Waals surface area contributed by atoms with Crippen molar-refractivity contribution in [3.8, 4) is 5.75 Å². The van der Waals surface area contributed by atoms with Gasteiger partial charge in [-0.25, -0.2) is 0 Å². The maximum Gasteiger partial charge on any atom is 0.316 e. The van der Waals surface area contributed by atoms with Gasteiger partial charge in [-0.15, -0.1) is 0 Å². The number of carbonyl (C=O) groups excluding carboxylic acids is 1. The number of piperidine rings is 1. The summed E-state index contributed by atoms with van der Waals surface area (Å²) < 4.78 is 11.4. The van der Waals surface area contributed by atoms with Crippen molar-refractivity contribution in [2.75, 3.05) is 33.4 Å². The lowest BCUT2D eigenvalue weighted by atomic mass is 9.65. The third-order valence-corrected chi connectivity index (χ3v) is 9.12. The summed E-state index contributed by atoms with van der Waals surface area (Å²) in [5, 5.41) is 23.2. The van der Waals surface area contributed by atoms with Gasteiger partial charge < -0.3 is 24.6 Å². The van der Waals surface area contributed by atoms with Crippen molar-refractivity contribution < 1.29 is 24.5 Å². The number of ether oxygens (including phenoxy) is 2. The highest BCUT2D eigenvalue weighted by Gasteiger charge is 2.57. The first-order valence-electron chi connectivity index (χ1n) is 14.2. The molecule has 2 N–H and O–H groups in total. The SMILES string of the molecule is COC(=O)C1(C)CN(CC/C=C2/c3cc(C(C)(C)O)ccc3OCC3N=CC=CC23)CCC1(O)c1ccc(Cl)cc1. The standard InChI is InChI=1S/C33H39ClN2O5/c1-31(2,38)23-11-14-29-27(19-23)25(26-7-5-16-35-28(26)20-41-29)8-6-17-36-18-15-33(39,22-9-12-24(34)13-10-22)32(3,21-36)30(37)40-4/h5,7-14,16,19,26,28,38-39H,6,15,17-18,20-21H2,1-4H3/b25-8+. The number of likely N-dealkylation sites (tertiary alicyclic amines) is 1. The lowest BCUT2D eigenvalue weighted by Crippen LogP contribution is -2.60. The van der Waals surface area contributed by atoms with Gasteiger partial charge in [-0.05, 0) is 80.7 Å². The fourth-order valence-electron chi connectivity index (χ4n) is 6.36. The van der Waals surface area contributed by atoms with Gasteiger partial charge in [0.05, 0.1) is 18.8 Å². The Morgan fingerprint density at radius 1 is 1.27 bits per heavy atom. The van der Waals surface area contributed by atoms with E-state index in [1.54, 1.807) is 45.0 Å². The largest absolute Gasteiger partial charge is 0.491 e. The van der Waals surface area contributed by atoms with Crippen molar-refractivity contribution >= 4 is 29.4 Å². The fourth-order valence-corrected chi connectivity index (χ4v) is 6.49. The number of hydrogen-bond donors (Lipinski definition) is 2. The Bertz CT molecular complexity index is 1380. The van der Waals surface area contributed by atoms with Crippen LogP contribution >= 0.6 is 11.6 Å². The number of fused-ring (bicyclic) bond motifs is 2. The number of methoxy groups -OCH3 is 1. The van der Waals surface area contributed by atoms with Crippen LogP contribution in [0, 0.1) is 11.3 Å². The lowest BCUT2D eigenvalue weighted by Gasteiger charge is -2.50. The second kappa shape index (κ2) is 11.4. The second-order valence-corrected chi connectivity index (χ2v) is 12.5. The molecular formula is C33H39ClN2O5. The van der Waals surface area contributed by atoms with Crippen LogP contribution < -0.4 is 4.74 Å². The first kappa shape index (κ1) is 29.5. The Morgan fingerprint density at radius 3 is 2.73 bits per heavy atom. The normalized spacial score (nSPS) is 28.9. The highest BCUT2D eigenvalue weighted by atomic mass is 35.5. The molecule has 5 rings (SSSR count). The van der Waals surface area contributed by atoms with Crippen molar-refractivity contribution in [1.82, 2.24) is 4.90 Å². The molecule has 1 fully saturated rings. The molecule has 2 aromatic carbocycles. The van der Waals surface area contributed by atoms with E-state index in [9.17, 15) is 15.0 Å². The van der Waals surface area contributed by atoms with Gasteiger partial charge in [-0.2, -0.15) is 0 Å². The van der Waals surface area contributed by atoms with Crippen LogP contribution in [0.25, 0.3) is 5.57 Å². The summed E-state index contributed by atoms with van der Waals surface area (Å²) in [6.07, 6.45) is 9.30. The average Bonchev–Trinajstić information content (AvgIpc) is 3.11. The quantitative estimate of drug-likeness (QED) is 0.462. The second-order valence-electron chi connectivity index (χ2n) is 12.0. The highest BCUT2D eigenvalue weighted by Crippen LogP contribution is 2.47. The number of benzene rings is 2. The van der Waals surface area contributed by atoms with Crippen LogP contribution in [0.2, 0.25) is 5.02 Å². The number of aliphatic hydroxyl groups is 2. The molecule has 3 aliphatic rings. The molecule has 0 amide bonds. The van der Waals surface area contributed by atoms with Gasteiger partial charge in [-0.1, -0.05) is 42.0 Å². The summed E-state index contributed by atoms with van der Waals surface area (Å²) in [5.74, 6) is 0.390. The molecule has 4 unspecified atom stereocenters. The van der Waals surface area contributed by atoms with Crippen molar-refractivity contribution in [1.29, 1.82) is 0 Å². The predicted octanol–water partition coefficient (Wildman–Crippen LogP) is 5.13. The minimum absolute atomic E-state index is 0.0313. The van der Waals surface area contributed by atoms with Crippen molar-refractivity contribution in [2.45, 2.75) is 50.9 Å². The van der Waals surface area contributed by atoms with Gasteiger partial charge in [0.25, 0.3) is 0 Å². The van der Waals surface area contributed by atoms with E-state index in [2.05, 4.69) is 22.0 Å². The van der Waals surface area contributed by atoms with Crippen LogP contribution in [0.15, 0.2) is 65.7 Å². The summed E-state index contributed by atoms with van der Waals surface area (Å²) in [6.45, 7) is 7.48. The molecule has 2 aromatic rings. The van der Waals surface area contributed by atoms with Gasteiger partial charge in [0, 0.05) is 42.4 Å². The molecule has 0 aliphatic carbocycles. The molecular weight excluding hydrogens is 540 g/mol. The number of hydrogen-bond acceptors (Lipinski definition) is 7. The maximum atomic E-state index is 13.2. The van der Waals surface area contributed by atoms with E-state index < -0.39 is 22.6 Å². The van der Waals surface area contributed by atoms with Crippen LogP contribution in [-0.4, -0.2) is 66.7 Å². The van der Waals surface area contributed by atoms with Crippen LogP contribution in [-0.2, 0) is 20.7 Å². The Hall–Kier alpha value is -2.97. The van der Waals surface area contributed by atoms with Crippen molar-refractivity contribution in [3.63, 3.8) is 0 Å². The lowest BCUT2D eigenvalue weighted by molar-refractivity contribution is -0.186. The molecule has 0 aromatic heterocycles. The fraction of sp³-hybridized carbons (Fsp3) is 0.455. The summed E-state index contributed by atoms with van der Waals surface area (Å²) >= 11 is 6.10. The summed E-state index contributed by atoms with van der Waals surface area (Å²) in [6, 6.07) is 12.9. The number of allylic oxidation sites excluding steroid dienone is 1. The van der Waals surface area contributed by atoms with Crippen LogP contribution in [0.3, 0.4) is 0 Å². The first-order chi connectivity index (χ1) is 19.5. The number of halogens is 1. The molecule has 0 spiro atoms. The van der Waals surface area contributed by atoms with Gasteiger partial charge in [0.15, 0.2) is 0 Å². The summed E-state index contributed by atoms with van der Waals surface area (Å²) in [5.41, 5.74) is 0.0180. The van der Waals surface area contributed by atoms with E-state index in [0.717, 1.165) is 28.9 Å². The number of rotatable bonds is 6.